The number of ketones is 1. The second-order valence-electron chi connectivity index (χ2n) is 9.81. The summed E-state index contributed by atoms with van der Waals surface area (Å²) in [4.78, 5) is 27.5. The van der Waals surface area contributed by atoms with Crippen LogP contribution in [0, 0.1) is 0 Å². The molecule has 0 aliphatic carbocycles. The van der Waals surface area contributed by atoms with Crippen molar-refractivity contribution in [3.63, 3.8) is 0 Å². The Morgan fingerprint density at radius 3 is 2.23 bits per heavy atom. The molecule has 9 nitrogen and oxygen atoms in total. The molecule has 2 heterocycles. The van der Waals surface area contributed by atoms with Crippen LogP contribution in [0.5, 0.6) is 0 Å². The highest BCUT2D eigenvalue weighted by atomic mass is 32.2. The van der Waals surface area contributed by atoms with Gasteiger partial charge in [0.2, 0.25) is 10.0 Å². The van der Waals surface area contributed by atoms with Crippen LogP contribution in [-0.4, -0.2) is 36.6 Å². The van der Waals surface area contributed by atoms with Gasteiger partial charge in [-0.1, -0.05) is 32.9 Å². The van der Waals surface area contributed by atoms with Crippen molar-refractivity contribution < 1.29 is 18.0 Å². The number of aromatic nitrogens is 2. The number of Topliss-reactive ketones (excluding diaryl/α,β-unsaturated/α-hetero) is 1. The molecule has 35 heavy (non-hydrogen) atoms. The zero-order valence-electron chi connectivity index (χ0n) is 20.3. The summed E-state index contributed by atoms with van der Waals surface area (Å²) in [5, 5.41) is 10.1. The third kappa shape index (κ3) is 5.22. The summed E-state index contributed by atoms with van der Waals surface area (Å²) in [6.07, 6.45) is 1.08. The lowest BCUT2D eigenvalue weighted by atomic mass is 9.87. The van der Waals surface area contributed by atoms with Gasteiger partial charge in [0.25, 0.3) is 5.91 Å². The number of sulfonamides is 1. The lowest BCUT2D eigenvalue weighted by Crippen LogP contribution is -2.28. The molecule has 0 spiro atoms. The van der Waals surface area contributed by atoms with Crippen molar-refractivity contribution in [1.82, 2.24) is 10.2 Å². The number of fused-ring (bicyclic) bond motifs is 1. The number of nitrogens with zero attached hydrogens (tertiary/aromatic N) is 2. The number of rotatable bonds is 6. The van der Waals surface area contributed by atoms with Crippen molar-refractivity contribution in [3.8, 4) is 0 Å². The first kappa shape index (κ1) is 24.5. The Morgan fingerprint density at radius 1 is 1.06 bits per heavy atom. The second-order valence-corrected chi connectivity index (χ2v) is 11.6. The maximum Gasteiger partial charge on any atom is 0.256 e. The molecule has 184 valence electrons. The van der Waals surface area contributed by atoms with E-state index < -0.39 is 16.1 Å². The van der Waals surface area contributed by atoms with E-state index in [1.807, 2.05) is 17.0 Å². The fraction of sp³-hybridized carbons (Fsp3) is 0.320. The molecule has 2 aromatic carbocycles. The van der Waals surface area contributed by atoms with Crippen LogP contribution in [0.3, 0.4) is 0 Å². The van der Waals surface area contributed by atoms with Gasteiger partial charge in [-0.2, -0.15) is 5.10 Å². The van der Waals surface area contributed by atoms with E-state index in [4.69, 9.17) is 0 Å². The fourth-order valence-corrected chi connectivity index (χ4v) is 4.78. The number of hydrogen-bond donors (Lipinski definition) is 3. The van der Waals surface area contributed by atoms with Gasteiger partial charge in [-0.25, -0.2) is 8.42 Å². The number of H-pyrrole nitrogens is 1. The SMILES string of the molecule is CC(=O)C1c2c(NC(=O)c3ccc(C(C)(C)C)cc3)n[nH]c2CN1c1ccc(NS(C)(=O)=O)cc1. The zero-order valence-corrected chi connectivity index (χ0v) is 21.2. The lowest BCUT2D eigenvalue weighted by molar-refractivity contribution is -0.118. The monoisotopic (exact) mass is 495 g/mol. The Hall–Kier alpha value is -3.66. The molecule has 1 unspecified atom stereocenters. The van der Waals surface area contributed by atoms with E-state index in [-0.39, 0.29) is 17.1 Å². The Kier molecular flexibility index (Phi) is 6.18. The van der Waals surface area contributed by atoms with Crippen molar-refractivity contribution in [2.24, 2.45) is 0 Å². The Labute approximate surface area is 205 Å². The third-order valence-corrected chi connectivity index (χ3v) is 6.54. The molecule has 0 radical (unpaired) electrons. The summed E-state index contributed by atoms with van der Waals surface area (Å²) in [5.41, 5.74) is 4.15. The molecule has 0 bridgehead atoms. The Morgan fingerprint density at radius 2 is 1.69 bits per heavy atom. The number of anilines is 3. The molecular weight excluding hydrogens is 466 g/mol. The number of carbonyl (C=O) groups is 2. The van der Waals surface area contributed by atoms with E-state index in [1.54, 1.807) is 36.4 Å². The van der Waals surface area contributed by atoms with Crippen molar-refractivity contribution in [2.75, 3.05) is 21.2 Å². The van der Waals surface area contributed by atoms with Gasteiger partial charge in [0, 0.05) is 22.5 Å². The Balaban J connectivity index is 1.57. The van der Waals surface area contributed by atoms with Crippen LogP contribution in [0.15, 0.2) is 48.5 Å². The van der Waals surface area contributed by atoms with Crippen LogP contribution >= 0.6 is 0 Å². The molecule has 3 aromatic rings. The summed E-state index contributed by atoms with van der Waals surface area (Å²) < 4.78 is 25.4. The van der Waals surface area contributed by atoms with Gasteiger partial charge in [0.1, 0.15) is 6.04 Å². The molecule has 0 saturated carbocycles. The van der Waals surface area contributed by atoms with Gasteiger partial charge < -0.3 is 10.2 Å². The number of nitrogens with one attached hydrogen (secondary N) is 3. The van der Waals surface area contributed by atoms with Crippen molar-refractivity contribution in [2.45, 2.75) is 45.7 Å². The molecule has 0 fully saturated rings. The van der Waals surface area contributed by atoms with Crippen LogP contribution in [0.25, 0.3) is 0 Å². The summed E-state index contributed by atoms with van der Waals surface area (Å²) in [5.74, 6) is -0.0896. The minimum absolute atomic E-state index is 0.0186. The van der Waals surface area contributed by atoms with Crippen molar-refractivity contribution >= 4 is 38.9 Å². The zero-order chi connectivity index (χ0) is 25.5. The fourth-order valence-electron chi connectivity index (χ4n) is 4.21. The van der Waals surface area contributed by atoms with Crippen molar-refractivity contribution in [1.29, 1.82) is 0 Å². The molecule has 1 atom stereocenters. The average molecular weight is 496 g/mol. The average Bonchev–Trinajstić information content (AvgIpc) is 3.32. The first-order valence-corrected chi connectivity index (χ1v) is 13.1. The van der Waals surface area contributed by atoms with Gasteiger partial charge in [-0.05, 0) is 54.3 Å². The van der Waals surface area contributed by atoms with Gasteiger partial charge >= 0.3 is 0 Å². The normalized spacial score (nSPS) is 15.6. The molecule has 1 aromatic heterocycles. The van der Waals surface area contributed by atoms with Gasteiger partial charge in [-0.3, -0.25) is 19.4 Å². The maximum atomic E-state index is 12.9. The number of aromatic amines is 1. The number of hydrogen-bond acceptors (Lipinski definition) is 6. The van der Waals surface area contributed by atoms with Crippen LogP contribution < -0.4 is 14.9 Å². The van der Waals surface area contributed by atoms with E-state index in [0.29, 0.717) is 29.2 Å². The van der Waals surface area contributed by atoms with E-state index >= 15 is 0 Å². The summed E-state index contributed by atoms with van der Waals surface area (Å²) in [6.45, 7) is 8.22. The molecule has 3 N–H and O–H groups in total. The van der Waals surface area contributed by atoms with Crippen LogP contribution in [0.1, 0.15) is 60.9 Å². The minimum atomic E-state index is -3.39. The molecule has 1 aliphatic rings. The Bertz CT molecular complexity index is 1370. The van der Waals surface area contributed by atoms with Gasteiger partial charge in [0.15, 0.2) is 11.6 Å². The lowest BCUT2D eigenvalue weighted by Gasteiger charge is -2.26. The first-order chi connectivity index (χ1) is 16.3. The standard InChI is InChI=1S/C25H29N5O4S/c1-15(31)22-21-20(14-30(22)19-12-10-18(11-13-19)29-35(5,33)34)27-28-23(21)26-24(32)16-6-8-17(9-7-16)25(2,3)4/h6-13,22,29H,14H2,1-5H3,(H2,26,27,28,32). The predicted octanol–water partition coefficient (Wildman–Crippen LogP) is 3.98. The molecule has 0 saturated heterocycles. The molecule has 4 rings (SSSR count). The maximum absolute atomic E-state index is 12.9. The van der Waals surface area contributed by atoms with Crippen molar-refractivity contribution in [3.05, 3.63) is 70.9 Å². The van der Waals surface area contributed by atoms with Crippen LogP contribution in [-0.2, 0) is 26.8 Å². The summed E-state index contributed by atoms with van der Waals surface area (Å²) in [7, 11) is -3.39. The van der Waals surface area contributed by atoms with Crippen LogP contribution in [0.4, 0.5) is 17.2 Å². The van der Waals surface area contributed by atoms with Crippen LogP contribution in [0.2, 0.25) is 0 Å². The number of carbonyl (C=O) groups excluding carboxylic acids is 2. The molecule has 1 amide bonds. The number of amides is 1. The number of benzene rings is 2. The smallest absolute Gasteiger partial charge is 0.256 e. The van der Waals surface area contributed by atoms with Gasteiger partial charge in [0.05, 0.1) is 18.5 Å². The third-order valence-electron chi connectivity index (χ3n) is 5.93. The van der Waals surface area contributed by atoms with E-state index in [0.717, 1.165) is 23.2 Å². The minimum Gasteiger partial charge on any atom is -0.351 e. The largest absolute Gasteiger partial charge is 0.351 e. The van der Waals surface area contributed by atoms with E-state index in [9.17, 15) is 18.0 Å². The topological polar surface area (TPSA) is 124 Å². The van der Waals surface area contributed by atoms with Gasteiger partial charge in [-0.15, -0.1) is 0 Å². The van der Waals surface area contributed by atoms with E-state index in [2.05, 4.69) is 41.0 Å². The predicted molar refractivity (Wildman–Crippen MR) is 136 cm³/mol. The molecule has 1 aliphatic heterocycles. The second kappa shape index (κ2) is 8.84. The van der Waals surface area contributed by atoms with E-state index in [1.165, 1.54) is 6.92 Å². The summed E-state index contributed by atoms with van der Waals surface area (Å²) in [6, 6.07) is 13.6. The molecular formula is C25H29N5O4S. The summed E-state index contributed by atoms with van der Waals surface area (Å²) >= 11 is 0. The quantitative estimate of drug-likeness (QED) is 0.475. The first-order valence-electron chi connectivity index (χ1n) is 11.2. The highest BCUT2D eigenvalue weighted by Crippen LogP contribution is 2.41. The molecule has 10 heteroatoms. The highest BCUT2D eigenvalue weighted by molar-refractivity contribution is 7.92. The highest BCUT2D eigenvalue weighted by Gasteiger charge is 2.38.